The quantitative estimate of drug-likeness (QED) is 0.487. The maximum atomic E-state index is 12.4. The summed E-state index contributed by atoms with van der Waals surface area (Å²) in [6.45, 7) is 6.74. The van der Waals surface area contributed by atoms with Gasteiger partial charge in [-0.3, -0.25) is 14.9 Å². The summed E-state index contributed by atoms with van der Waals surface area (Å²) in [6.07, 6.45) is 4.83. The van der Waals surface area contributed by atoms with E-state index in [4.69, 9.17) is 0 Å². The lowest BCUT2D eigenvalue weighted by Gasteiger charge is -2.23. The fraction of sp³-hybridized carbons (Fsp3) is 0.370. The van der Waals surface area contributed by atoms with Crippen molar-refractivity contribution in [1.82, 2.24) is 14.9 Å². The van der Waals surface area contributed by atoms with E-state index in [1.54, 1.807) is 12.5 Å². The van der Waals surface area contributed by atoms with Gasteiger partial charge in [-0.05, 0) is 41.5 Å². The van der Waals surface area contributed by atoms with Crippen LogP contribution in [0.5, 0.6) is 0 Å². The molecule has 1 aliphatic carbocycles. The lowest BCUT2D eigenvalue weighted by molar-refractivity contribution is -0.140. The molecule has 0 aliphatic heterocycles. The monoisotopic (exact) mass is 445 g/mol. The van der Waals surface area contributed by atoms with Crippen LogP contribution in [-0.4, -0.2) is 38.0 Å². The molecule has 0 bridgehead atoms. The highest BCUT2D eigenvalue weighted by atomic mass is 16.4. The first-order valence-corrected chi connectivity index (χ1v) is 11.5. The van der Waals surface area contributed by atoms with Gasteiger partial charge in [0.15, 0.2) is 5.78 Å². The minimum Gasteiger partial charge on any atom is -0.480 e. The summed E-state index contributed by atoms with van der Waals surface area (Å²) in [7, 11) is 0. The first-order chi connectivity index (χ1) is 15.8. The van der Waals surface area contributed by atoms with Gasteiger partial charge in [0.05, 0.1) is 11.9 Å². The van der Waals surface area contributed by atoms with Gasteiger partial charge in [-0.2, -0.15) is 0 Å². The van der Waals surface area contributed by atoms with Crippen molar-refractivity contribution in [3.8, 4) is 11.1 Å². The summed E-state index contributed by atoms with van der Waals surface area (Å²) >= 11 is 0. The summed E-state index contributed by atoms with van der Waals surface area (Å²) in [5, 5.41) is 12.8. The summed E-state index contributed by atoms with van der Waals surface area (Å²) < 4.78 is 2.06. The molecule has 1 aromatic heterocycles. The number of hydrogen-bond donors (Lipinski definition) is 2. The highest BCUT2D eigenvalue weighted by Crippen LogP contribution is 2.36. The van der Waals surface area contributed by atoms with Crippen molar-refractivity contribution in [2.75, 3.05) is 0 Å². The largest absolute Gasteiger partial charge is 0.480 e. The average molecular weight is 446 g/mol. The van der Waals surface area contributed by atoms with Crippen molar-refractivity contribution in [3.05, 3.63) is 77.9 Å². The Kier molecular flexibility index (Phi) is 6.47. The normalized spacial score (nSPS) is 18.5. The van der Waals surface area contributed by atoms with E-state index >= 15 is 0 Å². The van der Waals surface area contributed by atoms with Crippen LogP contribution in [0.1, 0.15) is 43.5 Å². The standard InChI is InChI=1S/C27H31N3O3/c1-18(2)12-24(26(32)33)29-27(14-25(27)31)13-22-15-28-17-30(22)16-21-10-7-11-23(19(21)3)20-8-5-4-6-9-20/h4-11,15,17-18,24,29H,12-14,16H2,1-3H3,(H,32,33). The molecule has 1 saturated carbocycles. The third kappa shape index (κ3) is 5.06. The van der Waals surface area contributed by atoms with Crippen LogP contribution in [0, 0.1) is 12.8 Å². The second-order valence-corrected chi connectivity index (χ2v) is 9.49. The molecule has 1 fully saturated rings. The molecule has 1 heterocycles. The predicted octanol–water partition coefficient (Wildman–Crippen LogP) is 4.25. The average Bonchev–Trinajstić information content (AvgIpc) is 3.18. The molecular weight excluding hydrogens is 414 g/mol. The molecule has 2 unspecified atom stereocenters. The molecule has 6 heteroatoms. The summed E-state index contributed by atoms with van der Waals surface area (Å²) in [5.41, 5.74) is 4.88. The van der Waals surface area contributed by atoms with Crippen molar-refractivity contribution in [2.24, 2.45) is 5.92 Å². The van der Waals surface area contributed by atoms with Gasteiger partial charge >= 0.3 is 5.97 Å². The number of imidazole rings is 1. The Morgan fingerprint density at radius 1 is 1.18 bits per heavy atom. The van der Waals surface area contributed by atoms with Crippen LogP contribution >= 0.6 is 0 Å². The van der Waals surface area contributed by atoms with Gasteiger partial charge < -0.3 is 9.67 Å². The fourth-order valence-electron chi connectivity index (χ4n) is 4.52. The second-order valence-electron chi connectivity index (χ2n) is 9.49. The molecule has 2 atom stereocenters. The van der Waals surface area contributed by atoms with Gasteiger partial charge in [0, 0.05) is 31.3 Å². The molecule has 3 aromatic rings. The molecular formula is C27H31N3O3. The van der Waals surface area contributed by atoms with E-state index in [2.05, 4.69) is 52.1 Å². The Morgan fingerprint density at radius 3 is 2.55 bits per heavy atom. The molecule has 6 nitrogen and oxygen atoms in total. The van der Waals surface area contributed by atoms with Crippen molar-refractivity contribution in [2.45, 2.75) is 58.2 Å². The number of aliphatic carboxylic acids is 1. The number of Topliss-reactive ketones (excluding diaryl/α,β-unsaturated/α-hetero) is 1. The maximum Gasteiger partial charge on any atom is 0.320 e. The van der Waals surface area contributed by atoms with Crippen LogP contribution < -0.4 is 5.32 Å². The molecule has 0 spiro atoms. The number of aromatic nitrogens is 2. The number of carboxylic acids is 1. The number of ketones is 1. The first kappa shape index (κ1) is 22.9. The van der Waals surface area contributed by atoms with E-state index in [1.807, 2.05) is 32.0 Å². The fourth-order valence-corrected chi connectivity index (χ4v) is 4.52. The minimum absolute atomic E-state index is 0.0625. The Morgan fingerprint density at radius 2 is 1.91 bits per heavy atom. The second kappa shape index (κ2) is 9.32. The number of carbonyl (C=O) groups excluding carboxylic acids is 1. The molecule has 0 saturated heterocycles. The zero-order valence-electron chi connectivity index (χ0n) is 19.4. The van der Waals surface area contributed by atoms with Crippen LogP contribution in [0.2, 0.25) is 0 Å². The van der Waals surface area contributed by atoms with Gasteiger partial charge in [-0.15, -0.1) is 0 Å². The summed E-state index contributed by atoms with van der Waals surface area (Å²) in [6, 6.07) is 15.9. The van der Waals surface area contributed by atoms with Gasteiger partial charge in [0.25, 0.3) is 0 Å². The maximum absolute atomic E-state index is 12.4. The van der Waals surface area contributed by atoms with Gasteiger partial charge in [-0.25, -0.2) is 4.98 Å². The van der Waals surface area contributed by atoms with Crippen LogP contribution in [0.15, 0.2) is 61.1 Å². The molecule has 0 radical (unpaired) electrons. The third-order valence-corrected chi connectivity index (χ3v) is 6.48. The van der Waals surface area contributed by atoms with Crippen molar-refractivity contribution < 1.29 is 14.7 Å². The van der Waals surface area contributed by atoms with E-state index in [0.29, 0.717) is 25.8 Å². The van der Waals surface area contributed by atoms with Gasteiger partial charge in [0.1, 0.15) is 6.04 Å². The molecule has 172 valence electrons. The molecule has 33 heavy (non-hydrogen) atoms. The van der Waals surface area contributed by atoms with Crippen molar-refractivity contribution in [3.63, 3.8) is 0 Å². The predicted molar refractivity (Wildman–Crippen MR) is 128 cm³/mol. The zero-order valence-corrected chi connectivity index (χ0v) is 19.4. The van der Waals surface area contributed by atoms with Crippen LogP contribution in [0.3, 0.4) is 0 Å². The van der Waals surface area contributed by atoms with Crippen molar-refractivity contribution in [1.29, 1.82) is 0 Å². The van der Waals surface area contributed by atoms with E-state index < -0.39 is 17.6 Å². The van der Waals surface area contributed by atoms with Gasteiger partial charge in [0.2, 0.25) is 0 Å². The van der Waals surface area contributed by atoms with Crippen molar-refractivity contribution >= 4 is 11.8 Å². The Bertz CT molecular complexity index is 1150. The van der Waals surface area contributed by atoms with Crippen LogP contribution in [0.25, 0.3) is 11.1 Å². The SMILES string of the molecule is Cc1c(Cn2cncc2CC2(NC(CC(C)C)C(=O)O)CC2=O)cccc1-c1ccccc1. The van der Waals surface area contributed by atoms with E-state index in [1.165, 1.54) is 22.3 Å². The van der Waals surface area contributed by atoms with E-state index in [9.17, 15) is 14.7 Å². The first-order valence-electron chi connectivity index (χ1n) is 11.5. The number of carbonyl (C=O) groups is 2. The number of benzene rings is 2. The Balaban J connectivity index is 1.55. The zero-order chi connectivity index (χ0) is 23.6. The highest BCUT2D eigenvalue weighted by Gasteiger charge is 2.55. The van der Waals surface area contributed by atoms with E-state index in [-0.39, 0.29) is 11.7 Å². The van der Waals surface area contributed by atoms with E-state index in [0.717, 1.165) is 5.69 Å². The smallest absolute Gasteiger partial charge is 0.320 e. The Labute approximate surface area is 194 Å². The van der Waals surface area contributed by atoms with Crippen LogP contribution in [0.4, 0.5) is 0 Å². The summed E-state index contributed by atoms with van der Waals surface area (Å²) in [5.74, 6) is -0.632. The third-order valence-electron chi connectivity index (χ3n) is 6.48. The molecule has 4 rings (SSSR count). The lowest BCUT2D eigenvalue weighted by atomic mass is 9.96. The van der Waals surface area contributed by atoms with Gasteiger partial charge in [-0.1, -0.05) is 62.4 Å². The molecule has 1 aliphatic rings. The number of nitrogens with zero attached hydrogens (tertiary/aromatic N) is 2. The molecule has 2 aromatic carbocycles. The number of nitrogens with one attached hydrogen (secondary N) is 1. The highest BCUT2D eigenvalue weighted by molar-refractivity contribution is 6.06. The Hall–Kier alpha value is -3.25. The number of hydrogen-bond acceptors (Lipinski definition) is 4. The number of rotatable bonds is 10. The lowest BCUT2D eigenvalue weighted by Crippen LogP contribution is -2.48. The topological polar surface area (TPSA) is 84.2 Å². The minimum atomic E-state index is -0.912. The van der Waals surface area contributed by atoms with Crippen LogP contribution in [-0.2, 0) is 22.6 Å². The summed E-state index contributed by atoms with van der Waals surface area (Å²) in [4.78, 5) is 28.5. The number of carboxylic acid groups (broad SMARTS) is 1. The molecule has 0 amide bonds. The molecule has 2 N–H and O–H groups in total.